The number of carbonyl (C=O) groups excluding carboxylic acids is 3. The number of nitrogens with one attached hydrogen (secondary N) is 2. The van der Waals surface area contributed by atoms with E-state index >= 15 is 0 Å². The SMILES string of the molecule is N#CCC(NC(=O)C1=CC(NC(=O)CCN)C(O)C(O)C1)C(N)=O. The topological polar surface area (TPSA) is 192 Å². The highest BCUT2D eigenvalue weighted by Gasteiger charge is 2.34. The van der Waals surface area contributed by atoms with Gasteiger partial charge in [0.05, 0.1) is 24.6 Å². The van der Waals surface area contributed by atoms with E-state index in [1.165, 1.54) is 6.08 Å². The smallest absolute Gasteiger partial charge is 0.247 e. The lowest BCUT2D eigenvalue weighted by atomic mass is 9.89. The van der Waals surface area contributed by atoms with Crippen molar-refractivity contribution in [2.45, 2.75) is 43.6 Å². The summed E-state index contributed by atoms with van der Waals surface area (Å²) in [5, 5.41) is 33.2. The Labute approximate surface area is 138 Å². The number of amides is 3. The minimum atomic E-state index is -1.28. The number of nitrogens with two attached hydrogens (primary N) is 2. The molecular weight excluding hydrogens is 318 g/mol. The Bertz CT molecular complexity index is 570. The highest BCUT2D eigenvalue weighted by molar-refractivity contribution is 5.97. The van der Waals surface area contributed by atoms with Crippen LogP contribution in [0.1, 0.15) is 19.3 Å². The van der Waals surface area contributed by atoms with Crippen molar-refractivity contribution >= 4 is 17.7 Å². The Hall–Kier alpha value is -2.48. The molecule has 1 aliphatic rings. The van der Waals surface area contributed by atoms with E-state index in [2.05, 4.69) is 10.6 Å². The van der Waals surface area contributed by atoms with Crippen molar-refractivity contribution in [1.29, 1.82) is 5.26 Å². The molecule has 0 aromatic rings. The number of aliphatic hydroxyl groups excluding tert-OH is 2. The molecule has 0 heterocycles. The molecule has 1 aliphatic carbocycles. The molecule has 4 unspecified atom stereocenters. The van der Waals surface area contributed by atoms with Gasteiger partial charge in [0.25, 0.3) is 0 Å². The molecule has 0 saturated heterocycles. The summed E-state index contributed by atoms with van der Waals surface area (Å²) < 4.78 is 0. The molecule has 4 atom stereocenters. The Morgan fingerprint density at radius 1 is 1.42 bits per heavy atom. The number of hydrogen-bond donors (Lipinski definition) is 6. The van der Waals surface area contributed by atoms with Gasteiger partial charge in [-0.3, -0.25) is 14.4 Å². The number of nitriles is 1. The fourth-order valence-electron chi connectivity index (χ4n) is 2.22. The van der Waals surface area contributed by atoms with Crippen LogP contribution in [0.25, 0.3) is 0 Å². The van der Waals surface area contributed by atoms with Crippen LogP contribution in [0.3, 0.4) is 0 Å². The molecule has 0 aromatic carbocycles. The number of rotatable bonds is 7. The zero-order chi connectivity index (χ0) is 18.3. The largest absolute Gasteiger partial charge is 0.390 e. The summed E-state index contributed by atoms with van der Waals surface area (Å²) in [5.41, 5.74) is 10.4. The van der Waals surface area contributed by atoms with Gasteiger partial charge in [-0.25, -0.2) is 0 Å². The van der Waals surface area contributed by atoms with Crippen molar-refractivity contribution in [3.05, 3.63) is 11.6 Å². The van der Waals surface area contributed by atoms with Gasteiger partial charge in [-0.1, -0.05) is 6.08 Å². The highest BCUT2D eigenvalue weighted by Crippen LogP contribution is 2.20. The molecule has 1 rings (SSSR count). The maximum Gasteiger partial charge on any atom is 0.247 e. The third kappa shape index (κ3) is 5.31. The fraction of sp³-hybridized carbons (Fsp3) is 0.571. The van der Waals surface area contributed by atoms with Gasteiger partial charge in [0, 0.05) is 25.0 Å². The van der Waals surface area contributed by atoms with Crippen LogP contribution < -0.4 is 22.1 Å². The van der Waals surface area contributed by atoms with E-state index in [0.717, 1.165) is 0 Å². The predicted molar refractivity (Wildman–Crippen MR) is 81.7 cm³/mol. The summed E-state index contributed by atoms with van der Waals surface area (Å²) in [6.45, 7) is 0.114. The van der Waals surface area contributed by atoms with Gasteiger partial charge in [-0.2, -0.15) is 5.26 Å². The standard InChI is InChI=1S/C14H21N5O5/c15-3-1-8(13(17)23)19-14(24)7-5-9(12(22)10(20)6-7)18-11(21)2-4-16/h5,8-10,12,20,22H,1-2,4,6,16H2,(H2,17,23)(H,18,21)(H,19,24). The first kappa shape index (κ1) is 19.6. The lowest BCUT2D eigenvalue weighted by Gasteiger charge is -2.31. The lowest BCUT2D eigenvalue weighted by molar-refractivity contribution is -0.126. The number of nitrogens with zero attached hydrogens (tertiary/aromatic N) is 1. The summed E-state index contributed by atoms with van der Waals surface area (Å²) in [7, 11) is 0. The average molecular weight is 339 g/mol. The summed E-state index contributed by atoms with van der Waals surface area (Å²) in [6, 6.07) is -0.415. The molecule has 3 amide bonds. The van der Waals surface area contributed by atoms with Gasteiger partial charge in [0.2, 0.25) is 17.7 Å². The van der Waals surface area contributed by atoms with Gasteiger partial charge in [0.15, 0.2) is 0 Å². The molecule has 10 heteroatoms. The van der Waals surface area contributed by atoms with E-state index in [0.29, 0.717) is 0 Å². The van der Waals surface area contributed by atoms with Crippen LogP contribution in [0.4, 0.5) is 0 Å². The molecule has 0 bridgehead atoms. The lowest BCUT2D eigenvalue weighted by Crippen LogP contribution is -2.52. The van der Waals surface area contributed by atoms with Crippen LogP contribution >= 0.6 is 0 Å². The second kappa shape index (κ2) is 8.97. The van der Waals surface area contributed by atoms with Gasteiger partial charge >= 0.3 is 0 Å². The van der Waals surface area contributed by atoms with E-state index in [9.17, 15) is 24.6 Å². The molecule has 8 N–H and O–H groups in total. The fourth-order valence-corrected chi connectivity index (χ4v) is 2.22. The Morgan fingerprint density at radius 3 is 2.62 bits per heavy atom. The van der Waals surface area contributed by atoms with E-state index < -0.39 is 42.0 Å². The molecule has 10 nitrogen and oxygen atoms in total. The molecule has 0 aliphatic heterocycles. The maximum atomic E-state index is 12.2. The first-order valence-electron chi connectivity index (χ1n) is 7.33. The molecule has 0 spiro atoms. The molecule has 0 fully saturated rings. The number of carbonyl (C=O) groups is 3. The second-order valence-corrected chi connectivity index (χ2v) is 5.38. The molecule has 132 valence electrons. The summed E-state index contributed by atoms with van der Waals surface area (Å²) >= 11 is 0. The molecule has 0 saturated carbocycles. The summed E-state index contributed by atoms with van der Waals surface area (Å²) in [5.74, 6) is -2.01. The Kier molecular flexibility index (Phi) is 7.31. The molecule has 24 heavy (non-hydrogen) atoms. The molecule has 0 radical (unpaired) electrons. The van der Waals surface area contributed by atoms with Crippen molar-refractivity contribution < 1.29 is 24.6 Å². The van der Waals surface area contributed by atoms with E-state index in [-0.39, 0.29) is 31.4 Å². The van der Waals surface area contributed by atoms with Crippen molar-refractivity contribution in [3.63, 3.8) is 0 Å². The maximum absolute atomic E-state index is 12.2. The summed E-state index contributed by atoms with van der Waals surface area (Å²) in [6.07, 6.45) is -1.70. The first-order valence-corrected chi connectivity index (χ1v) is 7.33. The minimum absolute atomic E-state index is 0.0284. The number of hydrogen-bond acceptors (Lipinski definition) is 7. The second-order valence-electron chi connectivity index (χ2n) is 5.38. The predicted octanol–water partition coefficient (Wildman–Crippen LogP) is -3.24. The van der Waals surface area contributed by atoms with Crippen LogP contribution in [0.2, 0.25) is 0 Å². The van der Waals surface area contributed by atoms with Gasteiger partial charge in [-0.05, 0) is 0 Å². The average Bonchev–Trinajstić information content (AvgIpc) is 2.51. The van der Waals surface area contributed by atoms with Gasteiger partial charge < -0.3 is 32.3 Å². The highest BCUT2D eigenvalue weighted by atomic mass is 16.3. The molecular formula is C14H21N5O5. The number of aliphatic hydroxyl groups is 2. The Balaban J connectivity index is 2.87. The third-order valence-electron chi connectivity index (χ3n) is 3.51. The Morgan fingerprint density at radius 2 is 2.08 bits per heavy atom. The van der Waals surface area contributed by atoms with E-state index in [1.54, 1.807) is 6.07 Å². The quantitative estimate of drug-likeness (QED) is 0.280. The van der Waals surface area contributed by atoms with E-state index in [1.807, 2.05) is 0 Å². The van der Waals surface area contributed by atoms with Gasteiger partial charge in [0.1, 0.15) is 12.1 Å². The first-order chi connectivity index (χ1) is 11.3. The zero-order valence-electron chi connectivity index (χ0n) is 12.9. The van der Waals surface area contributed by atoms with Crippen LogP contribution in [0, 0.1) is 11.3 Å². The normalized spacial score (nSPS) is 24.2. The van der Waals surface area contributed by atoms with Crippen LogP contribution in [-0.4, -0.2) is 58.8 Å². The monoisotopic (exact) mass is 339 g/mol. The van der Waals surface area contributed by atoms with Crippen molar-refractivity contribution in [1.82, 2.24) is 10.6 Å². The van der Waals surface area contributed by atoms with Crippen LogP contribution in [0.15, 0.2) is 11.6 Å². The van der Waals surface area contributed by atoms with E-state index in [4.69, 9.17) is 16.7 Å². The zero-order valence-corrected chi connectivity index (χ0v) is 12.9. The minimum Gasteiger partial charge on any atom is -0.390 e. The van der Waals surface area contributed by atoms with Crippen molar-refractivity contribution in [2.24, 2.45) is 11.5 Å². The van der Waals surface area contributed by atoms with Gasteiger partial charge in [-0.15, -0.1) is 0 Å². The van der Waals surface area contributed by atoms with Crippen molar-refractivity contribution in [3.8, 4) is 6.07 Å². The number of primary amides is 1. The van der Waals surface area contributed by atoms with Crippen molar-refractivity contribution in [2.75, 3.05) is 6.54 Å². The van der Waals surface area contributed by atoms with Crippen LogP contribution in [0.5, 0.6) is 0 Å². The third-order valence-corrected chi connectivity index (χ3v) is 3.51. The molecule has 0 aromatic heterocycles. The van der Waals surface area contributed by atoms with Crippen LogP contribution in [-0.2, 0) is 14.4 Å². The summed E-state index contributed by atoms with van der Waals surface area (Å²) in [4.78, 5) is 34.9.